The molecule has 19 heavy (non-hydrogen) atoms. The number of azide groups is 1. The first kappa shape index (κ1) is 15.0. The summed E-state index contributed by atoms with van der Waals surface area (Å²) in [6, 6.07) is 0. The summed E-state index contributed by atoms with van der Waals surface area (Å²) < 4.78 is 5.05. The van der Waals surface area contributed by atoms with Crippen LogP contribution in [0, 0.1) is 5.41 Å². The van der Waals surface area contributed by atoms with E-state index in [4.69, 9.17) is 10.3 Å². The lowest BCUT2D eigenvalue weighted by molar-refractivity contribution is -0.159. The summed E-state index contributed by atoms with van der Waals surface area (Å²) in [6.07, 6.45) is 6.58. The van der Waals surface area contributed by atoms with E-state index in [1.165, 1.54) is 12.2 Å². The second kappa shape index (κ2) is 7.38. The first-order chi connectivity index (χ1) is 9.17. The SMILES string of the molecule is C=CCOC(=O)[C@@]1(CCCN=[N+]=[N-])CCC=CC1=O. The molecule has 0 saturated heterocycles. The number of allylic oxidation sites excluding steroid dienone is 2. The fraction of sp³-hybridized carbons (Fsp3) is 0.538. The third kappa shape index (κ3) is 3.69. The van der Waals surface area contributed by atoms with E-state index < -0.39 is 11.4 Å². The number of nitrogens with zero attached hydrogens (tertiary/aromatic N) is 3. The minimum Gasteiger partial charge on any atom is -0.461 e. The zero-order valence-electron chi connectivity index (χ0n) is 10.7. The lowest BCUT2D eigenvalue weighted by Gasteiger charge is -2.30. The average Bonchev–Trinajstić information content (AvgIpc) is 2.43. The molecule has 0 aromatic heterocycles. The third-order valence-corrected chi connectivity index (χ3v) is 3.13. The molecule has 0 heterocycles. The van der Waals surface area contributed by atoms with Gasteiger partial charge in [-0.05, 0) is 37.3 Å². The van der Waals surface area contributed by atoms with Crippen LogP contribution in [-0.4, -0.2) is 24.9 Å². The molecule has 102 valence electrons. The minimum atomic E-state index is -1.12. The van der Waals surface area contributed by atoms with Gasteiger partial charge < -0.3 is 4.74 Å². The highest BCUT2D eigenvalue weighted by Crippen LogP contribution is 2.36. The number of ether oxygens (including phenoxy) is 1. The van der Waals surface area contributed by atoms with Crippen LogP contribution in [0.3, 0.4) is 0 Å². The first-order valence-electron chi connectivity index (χ1n) is 6.17. The van der Waals surface area contributed by atoms with Gasteiger partial charge in [0, 0.05) is 11.5 Å². The molecule has 0 bridgehead atoms. The van der Waals surface area contributed by atoms with Gasteiger partial charge in [0.2, 0.25) is 0 Å². The molecule has 1 aliphatic carbocycles. The van der Waals surface area contributed by atoms with Crippen LogP contribution >= 0.6 is 0 Å². The van der Waals surface area contributed by atoms with Crippen molar-refractivity contribution in [3.63, 3.8) is 0 Å². The van der Waals surface area contributed by atoms with E-state index in [2.05, 4.69) is 16.6 Å². The van der Waals surface area contributed by atoms with Gasteiger partial charge in [0.05, 0.1) is 0 Å². The Bertz CT molecular complexity index is 438. The number of esters is 1. The second-order valence-electron chi connectivity index (χ2n) is 4.33. The summed E-state index contributed by atoms with van der Waals surface area (Å²) in [5.41, 5.74) is 7.10. The van der Waals surface area contributed by atoms with Gasteiger partial charge in [0.1, 0.15) is 12.0 Å². The number of carbonyl (C=O) groups excluding carboxylic acids is 2. The van der Waals surface area contributed by atoms with Crippen molar-refractivity contribution >= 4 is 11.8 Å². The molecule has 0 aliphatic heterocycles. The summed E-state index contributed by atoms with van der Waals surface area (Å²) >= 11 is 0. The highest BCUT2D eigenvalue weighted by molar-refractivity contribution is 6.09. The monoisotopic (exact) mass is 263 g/mol. The molecule has 1 aliphatic rings. The lowest BCUT2D eigenvalue weighted by Crippen LogP contribution is -2.41. The van der Waals surface area contributed by atoms with E-state index in [0.29, 0.717) is 25.7 Å². The van der Waals surface area contributed by atoms with Crippen LogP contribution in [0.2, 0.25) is 0 Å². The fourth-order valence-corrected chi connectivity index (χ4v) is 2.12. The van der Waals surface area contributed by atoms with Gasteiger partial charge in [-0.25, -0.2) is 0 Å². The predicted octanol–water partition coefficient (Wildman–Crippen LogP) is 2.71. The number of hydrogen-bond acceptors (Lipinski definition) is 4. The van der Waals surface area contributed by atoms with Gasteiger partial charge in [0.25, 0.3) is 0 Å². The first-order valence-corrected chi connectivity index (χ1v) is 6.17. The zero-order valence-corrected chi connectivity index (χ0v) is 10.7. The van der Waals surface area contributed by atoms with E-state index in [-0.39, 0.29) is 18.9 Å². The Labute approximate surface area is 111 Å². The van der Waals surface area contributed by atoms with Crippen molar-refractivity contribution in [1.29, 1.82) is 0 Å². The third-order valence-electron chi connectivity index (χ3n) is 3.13. The largest absolute Gasteiger partial charge is 0.461 e. The molecule has 0 aromatic rings. The smallest absolute Gasteiger partial charge is 0.320 e. The second-order valence-corrected chi connectivity index (χ2v) is 4.33. The molecular formula is C13H17N3O3. The molecule has 6 heteroatoms. The number of ketones is 1. The molecule has 6 nitrogen and oxygen atoms in total. The van der Waals surface area contributed by atoms with Crippen molar-refractivity contribution in [2.75, 3.05) is 13.2 Å². The minimum absolute atomic E-state index is 0.0912. The Balaban J connectivity index is 2.80. The molecular weight excluding hydrogens is 246 g/mol. The van der Waals surface area contributed by atoms with Gasteiger partial charge in [-0.2, -0.15) is 0 Å². The van der Waals surface area contributed by atoms with Crippen molar-refractivity contribution in [3.05, 3.63) is 35.2 Å². The van der Waals surface area contributed by atoms with Gasteiger partial charge in [-0.15, -0.1) is 0 Å². The topological polar surface area (TPSA) is 92.1 Å². The summed E-state index contributed by atoms with van der Waals surface area (Å²) in [5, 5.41) is 3.42. The van der Waals surface area contributed by atoms with Gasteiger partial charge >= 0.3 is 5.97 Å². The molecule has 1 rings (SSSR count). The van der Waals surface area contributed by atoms with Crippen LogP contribution < -0.4 is 0 Å². The van der Waals surface area contributed by atoms with E-state index in [9.17, 15) is 9.59 Å². The summed E-state index contributed by atoms with van der Waals surface area (Å²) in [6.45, 7) is 3.83. The van der Waals surface area contributed by atoms with Gasteiger partial charge in [0.15, 0.2) is 5.78 Å². The number of carbonyl (C=O) groups is 2. The van der Waals surface area contributed by atoms with E-state index >= 15 is 0 Å². The van der Waals surface area contributed by atoms with Crippen molar-refractivity contribution < 1.29 is 14.3 Å². The van der Waals surface area contributed by atoms with Crippen LogP contribution in [0.4, 0.5) is 0 Å². The Hall–Kier alpha value is -2.07. The van der Waals surface area contributed by atoms with Crippen molar-refractivity contribution in [3.8, 4) is 0 Å². The highest BCUT2D eigenvalue weighted by Gasteiger charge is 2.45. The zero-order chi connectivity index (χ0) is 14.1. The standard InChI is InChI=1S/C13H17N3O3/c1-2-10-19-12(18)13(8-5-9-15-16-14)7-4-3-6-11(13)17/h2-3,6H,1,4-5,7-10H2/t13-/m1/s1. The highest BCUT2D eigenvalue weighted by atomic mass is 16.5. The Kier molecular flexibility index (Phi) is 5.82. The quantitative estimate of drug-likeness (QED) is 0.134. The lowest BCUT2D eigenvalue weighted by atomic mass is 9.72. The molecule has 0 spiro atoms. The number of rotatable bonds is 7. The predicted molar refractivity (Wildman–Crippen MR) is 70.2 cm³/mol. The molecule has 0 aromatic carbocycles. The van der Waals surface area contributed by atoms with Crippen molar-refractivity contribution in [2.24, 2.45) is 10.5 Å². The van der Waals surface area contributed by atoms with Gasteiger partial charge in [-0.1, -0.05) is 23.8 Å². The Morgan fingerprint density at radius 2 is 2.47 bits per heavy atom. The molecule has 0 radical (unpaired) electrons. The maximum atomic E-state index is 12.1. The number of hydrogen-bond donors (Lipinski definition) is 0. The normalized spacial score (nSPS) is 21.6. The Morgan fingerprint density at radius 3 is 3.11 bits per heavy atom. The fourth-order valence-electron chi connectivity index (χ4n) is 2.12. The molecule has 0 fully saturated rings. The maximum Gasteiger partial charge on any atom is 0.320 e. The molecule has 0 unspecified atom stereocenters. The van der Waals surface area contributed by atoms with Crippen LogP contribution in [0.5, 0.6) is 0 Å². The van der Waals surface area contributed by atoms with Crippen LogP contribution in [0.15, 0.2) is 29.9 Å². The van der Waals surface area contributed by atoms with E-state index in [1.807, 2.05) is 0 Å². The van der Waals surface area contributed by atoms with E-state index in [0.717, 1.165) is 0 Å². The van der Waals surface area contributed by atoms with Crippen molar-refractivity contribution in [2.45, 2.75) is 25.7 Å². The maximum absolute atomic E-state index is 12.1. The molecule has 0 N–H and O–H groups in total. The average molecular weight is 263 g/mol. The summed E-state index contributed by atoms with van der Waals surface area (Å²) in [5.74, 6) is -0.739. The summed E-state index contributed by atoms with van der Waals surface area (Å²) in [4.78, 5) is 26.8. The van der Waals surface area contributed by atoms with Gasteiger partial charge in [-0.3, -0.25) is 9.59 Å². The molecule has 0 saturated carbocycles. The van der Waals surface area contributed by atoms with Crippen LogP contribution in [0.25, 0.3) is 10.4 Å². The molecule has 1 atom stereocenters. The van der Waals surface area contributed by atoms with Crippen molar-refractivity contribution in [1.82, 2.24) is 0 Å². The van der Waals surface area contributed by atoms with Crippen LogP contribution in [0.1, 0.15) is 25.7 Å². The molecule has 0 amide bonds. The van der Waals surface area contributed by atoms with Crippen LogP contribution in [-0.2, 0) is 14.3 Å². The summed E-state index contributed by atoms with van der Waals surface area (Å²) in [7, 11) is 0. The Morgan fingerprint density at radius 1 is 1.68 bits per heavy atom. The van der Waals surface area contributed by atoms with E-state index in [1.54, 1.807) is 6.08 Å².